The van der Waals surface area contributed by atoms with Gasteiger partial charge < -0.3 is 19.1 Å². The second-order valence-corrected chi connectivity index (χ2v) is 6.74. The molecule has 0 bridgehead atoms. The summed E-state index contributed by atoms with van der Waals surface area (Å²) >= 11 is 1.62. The van der Waals surface area contributed by atoms with Gasteiger partial charge >= 0.3 is 6.01 Å². The summed E-state index contributed by atoms with van der Waals surface area (Å²) in [5, 5.41) is 2.02. The molecule has 0 amide bonds. The average molecular weight is 385 g/mol. The molecule has 1 fully saturated rings. The van der Waals surface area contributed by atoms with Crippen LogP contribution in [-0.4, -0.2) is 60.5 Å². The monoisotopic (exact) mass is 385 g/mol. The predicted octanol–water partition coefficient (Wildman–Crippen LogP) is 2.52. The van der Waals surface area contributed by atoms with Crippen molar-refractivity contribution in [1.29, 1.82) is 0 Å². The first-order valence-electron chi connectivity index (χ1n) is 8.49. The maximum Gasteiger partial charge on any atom is 0.320 e. The fraction of sp³-hybridized carbons (Fsp3) is 0.333. The molecule has 8 nitrogen and oxygen atoms in total. The van der Waals surface area contributed by atoms with Crippen molar-refractivity contribution >= 4 is 17.3 Å². The number of morpholine rings is 1. The van der Waals surface area contributed by atoms with Crippen LogP contribution in [0.25, 0.3) is 21.8 Å². The van der Waals surface area contributed by atoms with Crippen LogP contribution in [0, 0.1) is 0 Å². The minimum Gasteiger partial charge on any atom is -0.481 e. The van der Waals surface area contributed by atoms with Crippen molar-refractivity contribution in [3.8, 4) is 33.7 Å². The highest BCUT2D eigenvalue weighted by Crippen LogP contribution is 2.34. The summed E-state index contributed by atoms with van der Waals surface area (Å²) in [6.07, 6.45) is 1.80. The Bertz CT molecular complexity index is 891. The number of ether oxygens (including phenoxy) is 3. The maximum atomic E-state index is 5.43. The Hall–Kier alpha value is -2.78. The first kappa shape index (κ1) is 17.6. The van der Waals surface area contributed by atoms with E-state index in [0.29, 0.717) is 30.7 Å². The van der Waals surface area contributed by atoms with Gasteiger partial charge in [-0.25, -0.2) is 9.97 Å². The molecule has 0 unspecified atom stereocenters. The van der Waals surface area contributed by atoms with E-state index in [1.807, 2.05) is 17.5 Å². The molecular formula is C18H19N5O3S. The minimum atomic E-state index is 0.235. The van der Waals surface area contributed by atoms with E-state index in [2.05, 4.69) is 19.9 Å². The molecule has 0 spiro atoms. The van der Waals surface area contributed by atoms with Crippen LogP contribution in [0.1, 0.15) is 0 Å². The van der Waals surface area contributed by atoms with E-state index in [9.17, 15) is 0 Å². The highest BCUT2D eigenvalue weighted by Gasteiger charge is 2.20. The Morgan fingerprint density at radius 3 is 2.67 bits per heavy atom. The molecule has 1 aliphatic rings. The Labute approximate surface area is 160 Å². The molecule has 1 aliphatic heterocycles. The molecular weight excluding hydrogens is 366 g/mol. The first-order valence-corrected chi connectivity index (χ1v) is 9.37. The molecule has 0 saturated carbocycles. The largest absolute Gasteiger partial charge is 0.481 e. The van der Waals surface area contributed by atoms with Gasteiger partial charge in [-0.15, -0.1) is 11.3 Å². The molecule has 27 heavy (non-hydrogen) atoms. The summed E-state index contributed by atoms with van der Waals surface area (Å²) in [5.74, 6) is 1.12. The van der Waals surface area contributed by atoms with Gasteiger partial charge in [-0.2, -0.15) is 9.97 Å². The standard InChI is InChI=1S/C18H19N5O3S/c1-24-15-10-13(20-18(21-15)25-2)12-11-19-17(23-5-7-26-8-6-23)22-16(12)14-4-3-9-27-14/h3-4,9-11H,5-8H2,1-2H3. The molecule has 4 rings (SSSR count). The summed E-state index contributed by atoms with van der Waals surface area (Å²) in [6.45, 7) is 2.91. The number of thiophene rings is 1. The van der Waals surface area contributed by atoms with Crippen LogP contribution in [-0.2, 0) is 4.74 Å². The topological polar surface area (TPSA) is 82.5 Å². The van der Waals surface area contributed by atoms with Gasteiger partial charge in [0.1, 0.15) is 0 Å². The Balaban J connectivity index is 1.83. The molecule has 3 aromatic rings. The lowest BCUT2D eigenvalue weighted by Crippen LogP contribution is -2.37. The molecule has 0 N–H and O–H groups in total. The van der Waals surface area contributed by atoms with Gasteiger partial charge in [0.15, 0.2) is 0 Å². The first-order chi connectivity index (χ1) is 13.3. The van der Waals surface area contributed by atoms with E-state index in [1.165, 1.54) is 7.11 Å². The second-order valence-electron chi connectivity index (χ2n) is 5.79. The number of hydrogen-bond acceptors (Lipinski definition) is 9. The van der Waals surface area contributed by atoms with Crippen LogP contribution in [0.4, 0.5) is 5.95 Å². The summed E-state index contributed by atoms with van der Waals surface area (Å²) in [7, 11) is 3.08. The molecule has 140 valence electrons. The van der Waals surface area contributed by atoms with E-state index < -0.39 is 0 Å². The highest BCUT2D eigenvalue weighted by molar-refractivity contribution is 7.13. The van der Waals surface area contributed by atoms with E-state index in [4.69, 9.17) is 19.2 Å². The molecule has 1 saturated heterocycles. The summed E-state index contributed by atoms with van der Waals surface area (Å²) < 4.78 is 15.9. The fourth-order valence-corrected chi connectivity index (χ4v) is 3.54. The molecule has 3 aromatic heterocycles. The van der Waals surface area contributed by atoms with Gasteiger partial charge in [0.25, 0.3) is 0 Å². The number of nitrogens with zero attached hydrogens (tertiary/aromatic N) is 5. The minimum absolute atomic E-state index is 0.235. The lowest BCUT2D eigenvalue weighted by Gasteiger charge is -2.27. The number of aromatic nitrogens is 4. The van der Waals surface area contributed by atoms with Crippen molar-refractivity contribution in [2.45, 2.75) is 0 Å². The molecule has 9 heteroatoms. The predicted molar refractivity (Wildman–Crippen MR) is 103 cm³/mol. The number of hydrogen-bond donors (Lipinski definition) is 0. The van der Waals surface area contributed by atoms with Crippen LogP contribution in [0.3, 0.4) is 0 Å². The van der Waals surface area contributed by atoms with Crippen LogP contribution >= 0.6 is 11.3 Å². The molecule has 0 radical (unpaired) electrons. The quantitative estimate of drug-likeness (QED) is 0.663. The average Bonchev–Trinajstić information content (AvgIpc) is 3.28. The molecule has 0 aliphatic carbocycles. The number of anilines is 1. The van der Waals surface area contributed by atoms with Crippen LogP contribution < -0.4 is 14.4 Å². The van der Waals surface area contributed by atoms with E-state index in [1.54, 1.807) is 30.7 Å². The van der Waals surface area contributed by atoms with Gasteiger partial charge in [-0.3, -0.25) is 0 Å². The zero-order valence-electron chi connectivity index (χ0n) is 15.1. The zero-order valence-corrected chi connectivity index (χ0v) is 15.9. The van der Waals surface area contributed by atoms with Crippen molar-refractivity contribution in [1.82, 2.24) is 19.9 Å². The second kappa shape index (κ2) is 7.85. The van der Waals surface area contributed by atoms with E-state index in [0.717, 1.165) is 29.2 Å². The van der Waals surface area contributed by atoms with Crippen LogP contribution in [0.5, 0.6) is 11.9 Å². The van der Waals surface area contributed by atoms with E-state index in [-0.39, 0.29) is 6.01 Å². The van der Waals surface area contributed by atoms with Crippen LogP contribution in [0.15, 0.2) is 29.8 Å². The normalized spacial score (nSPS) is 14.2. The van der Waals surface area contributed by atoms with Crippen LogP contribution in [0.2, 0.25) is 0 Å². The molecule has 4 heterocycles. The third-order valence-corrected chi connectivity index (χ3v) is 5.05. The van der Waals surface area contributed by atoms with Crippen molar-refractivity contribution in [2.75, 3.05) is 45.4 Å². The Kier molecular flexibility index (Phi) is 5.12. The Morgan fingerprint density at radius 1 is 1.11 bits per heavy atom. The van der Waals surface area contributed by atoms with Crippen molar-refractivity contribution in [2.24, 2.45) is 0 Å². The van der Waals surface area contributed by atoms with Gasteiger partial charge in [0.05, 0.1) is 43.7 Å². The third-order valence-electron chi connectivity index (χ3n) is 4.17. The van der Waals surface area contributed by atoms with Crippen molar-refractivity contribution in [3.05, 3.63) is 29.8 Å². The van der Waals surface area contributed by atoms with Crippen molar-refractivity contribution in [3.63, 3.8) is 0 Å². The molecule has 0 atom stereocenters. The summed E-state index contributed by atoms with van der Waals surface area (Å²) in [5.41, 5.74) is 2.27. The Morgan fingerprint density at radius 2 is 1.96 bits per heavy atom. The summed E-state index contributed by atoms with van der Waals surface area (Å²) in [4.78, 5) is 21.2. The smallest absolute Gasteiger partial charge is 0.320 e. The van der Waals surface area contributed by atoms with Gasteiger partial charge in [0.2, 0.25) is 11.8 Å². The van der Waals surface area contributed by atoms with Crippen molar-refractivity contribution < 1.29 is 14.2 Å². The highest BCUT2D eigenvalue weighted by atomic mass is 32.1. The van der Waals surface area contributed by atoms with Gasteiger partial charge in [-0.1, -0.05) is 6.07 Å². The van der Waals surface area contributed by atoms with E-state index >= 15 is 0 Å². The fourth-order valence-electron chi connectivity index (χ4n) is 2.81. The number of rotatable bonds is 5. The van der Waals surface area contributed by atoms with Gasteiger partial charge in [0, 0.05) is 30.9 Å². The SMILES string of the molecule is COc1cc(-c2cnc(N3CCOCC3)nc2-c2cccs2)nc(OC)n1. The van der Waals surface area contributed by atoms with Gasteiger partial charge in [-0.05, 0) is 11.4 Å². The lowest BCUT2D eigenvalue weighted by molar-refractivity contribution is 0.122. The maximum absolute atomic E-state index is 5.43. The summed E-state index contributed by atoms with van der Waals surface area (Å²) in [6, 6.07) is 6.03. The number of methoxy groups -OCH3 is 2. The molecule has 0 aromatic carbocycles. The lowest BCUT2D eigenvalue weighted by atomic mass is 10.1. The third kappa shape index (κ3) is 3.69. The zero-order chi connectivity index (χ0) is 18.6.